The highest BCUT2D eigenvalue weighted by atomic mass is 32.2. The van der Waals surface area contributed by atoms with Gasteiger partial charge in [0.05, 0.1) is 12.4 Å². The Morgan fingerprint density at radius 1 is 1.80 bits per heavy atom. The number of carbonyl (C=O) groups excluding carboxylic acids is 1. The van der Waals surface area contributed by atoms with Crippen molar-refractivity contribution in [3.63, 3.8) is 0 Å². The van der Waals surface area contributed by atoms with E-state index < -0.39 is 0 Å². The Kier molecular flexibility index (Phi) is 5.33. The van der Waals surface area contributed by atoms with Gasteiger partial charge in [0.25, 0.3) is 0 Å². The highest BCUT2D eigenvalue weighted by Crippen LogP contribution is 2.01. The molecule has 5 heteroatoms. The van der Waals surface area contributed by atoms with E-state index in [0.29, 0.717) is 6.61 Å². The monoisotopic (exact) mass is 180 g/mol. The number of thioether (sulfide) groups is 1. The molecule has 0 rings (SSSR count). The average Bonchev–Trinajstić information content (AvgIpc) is 1.85. The molecule has 3 nitrogen and oxygen atoms in total. The standard InChI is InChI=1S/C5H8O3S2/c1-2-8-4(6)3-10-5(7)9/h2-3H2,1H3,(H,7,9). The van der Waals surface area contributed by atoms with E-state index in [1.54, 1.807) is 6.92 Å². The van der Waals surface area contributed by atoms with Crippen molar-refractivity contribution in [2.24, 2.45) is 0 Å². The van der Waals surface area contributed by atoms with Crippen LogP contribution in [0.15, 0.2) is 0 Å². The minimum Gasteiger partial charge on any atom is -0.494 e. The largest absolute Gasteiger partial charge is 0.494 e. The van der Waals surface area contributed by atoms with Crippen LogP contribution < -0.4 is 0 Å². The van der Waals surface area contributed by atoms with E-state index in [9.17, 15) is 4.79 Å². The summed E-state index contributed by atoms with van der Waals surface area (Å²) < 4.78 is 4.33. The molecule has 0 saturated carbocycles. The molecule has 0 aliphatic carbocycles. The van der Waals surface area contributed by atoms with E-state index in [1.807, 2.05) is 0 Å². The van der Waals surface area contributed by atoms with E-state index in [-0.39, 0.29) is 16.1 Å². The molecule has 0 radical (unpaired) electrons. The number of aliphatic hydroxyl groups is 1. The first-order valence-corrected chi connectivity index (χ1v) is 4.07. The van der Waals surface area contributed by atoms with Gasteiger partial charge in [0.1, 0.15) is 0 Å². The Hall–Kier alpha value is -0.290. The molecule has 0 bridgehead atoms. The van der Waals surface area contributed by atoms with Crippen LogP contribution in [0.4, 0.5) is 0 Å². The van der Waals surface area contributed by atoms with Crippen molar-refractivity contribution in [1.29, 1.82) is 0 Å². The summed E-state index contributed by atoms with van der Waals surface area (Å²) in [5, 5.41) is 8.46. The lowest BCUT2D eigenvalue weighted by atomic mass is 10.8. The number of aliphatic hydroxyl groups excluding tert-OH is 1. The quantitative estimate of drug-likeness (QED) is 0.521. The zero-order valence-electron chi connectivity index (χ0n) is 5.49. The van der Waals surface area contributed by atoms with Gasteiger partial charge in [-0.05, 0) is 19.1 Å². The average molecular weight is 180 g/mol. The van der Waals surface area contributed by atoms with Crippen molar-refractivity contribution in [1.82, 2.24) is 0 Å². The topological polar surface area (TPSA) is 46.5 Å². The minimum absolute atomic E-state index is 0.0865. The third-order valence-electron chi connectivity index (χ3n) is 0.619. The molecule has 0 spiro atoms. The number of hydrogen-bond acceptors (Lipinski definition) is 4. The molecule has 0 fully saturated rings. The summed E-state index contributed by atoms with van der Waals surface area (Å²) in [7, 11) is 0. The van der Waals surface area contributed by atoms with Gasteiger partial charge in [0, 0.05) is 0 Å². The molecule has 0 aliphatic rings. The van der Waals surface area contributed by atoms with Crippen molar-refractivity contribution in [2.75, 3.05) is 12.4 Å². The first-order valence-electron chi connectivity index (χ1n) is 2.68. The second-order valence-electron chi connectivity index (χ2n) is 1.36. The number of rotatable bonds is 3. The Morgan fingerprint density at radius 3 is 2.80 bits per heavy atom. The molecule has 0 aromatic carbocycles. The molecule has 58 valence electrons. The van der Waals surface area contributed by atoms with E-state index in [0.717, 1.165) is 11.8 Å². The molecule has 0 aromatic rings. The molecule has 1 N–H and O–H groups in total. The van der Waals surface area contributed by atoms with Crippen LogP contribution in [-0.4, -0.2) is 27.8 Å². The summed E-state index contributed by atoms with van der Waals surface area (Å²) in [4.78, 5) is 10.5. The third kappa shape index (κ3) is 5.84. The highest BCUT2D eigenvalue weighted by molar-refractivity contribution is 8.22. The van der Waals surface area contributed by atoms with Gasteiger partial charge in [-0.15, -0.1) is 0 Å². The summed E-state index contributed by atoms with van der Waals surface area (Å²) >= 11 is 5.20. The predicted molar refractivity (Wildman–Crippen MR) is 44.3 cm³/mol. The van der Waals surface area contributed by atoms with Gasteiger partial charge in [-0.2, -0.15) is 0 Å². The fraction of sp³-hybridized carbons (Fsp3) is 0.600. The molecule has 0 aliphatic heterocycles. The van der Waals surface area contributed by atoms with Crippen LogP contribution in [0.1, 0.15) is 6.92 Å². The Labute approximate surface area is 68.8 Å². The number of thiocarbonyl (C=S) groups is 1. The smallest absolute Gasteiger partial charge is 0.316 e. The van der Waals surface area contributed by atoms with Crippen LogP contribution in [-0.2, 0) is 9.53 Å². The predicted octanol–water partition coefficient (Wildman–Crippen LogP) is 1.13. The highest BCUT2D eigenvalue weighted by Gasteiger charge is 2.02. The van der Waals surface area contributed by atoms with Gasteiger partial charge in [0.15, 0.2) is 0 Å². The molecule has 10 heavy (non-hydrogen) atoms. The van der Waals surface area contributed by atoms with Crippen LogP contribution in [0.3, 0.4) is 0 Å². The second-order valence-corrected chi connectivity index (χ2v) is 2.97. The van der Waals surface area contributed by atoms with Crippen molar-refractivity contribution in [3.05, 3.63) is 0 Å². The summed E-state index contributed by atoms with van der Waals surface area (Å²) in [6.45, 7) is 2.08. The normalized spacial score (nSPS) is 8.90. The molecule has 0 aromatic heterocycles. The van der Waals surface area contributed by atoms with Crippen LogP contribution in [0, 0.1) is 0 Å². The summed E-state index contributed by atoms with van der Waals surface area (Å²) in [6, 6.07) is 0. The van der Waals surface area contributed by atoms with Gasteiger partial charge < -0.3 is 9.84 Å². The molecular weight excluding hydrogens is 172 g/mol. The van der Waals surface area contributed by atoms with Crippen molar-refractivity contribution < 1.29 is 14.6 Å². The van der Waals surface area contributed by atoms with Crippen LogP contribution in [0.25, 0.3) is 0 Å². The van der Waals surface area contributed by atoms with Gasteiger partial charge >= 0.3 is 5.97 Å². The van der Waals surface area contributed by atoms with Gasteiger partial charge in [-0.3, -0.25) is 4.79 Å². The van der Waals surface area contributed by atoms with E-state index >= 15 is 0 Å². The Morgan fingerprint density at radius 2 is 2.40 bits per heavy atom. The van der Waals surface area contributed by atoms with Crippen molar-refractivity contribution in [2.45, 2.75) is 6.92 Å². The maximum absolute atomic E-state index is 10.5. The SMILES string of the molecule is CCOC(=O)CSC(O)=S. The maximum atomic E-state index is 10.5. The molecule has 0 atom stereocenters. The summed E-state index contributed by atoms with van der Waals surface area (Å²) in [5.41, 5.74) is 0. The molecule has 0 saturated heterocycles. The first kappa shape index (κ1) is 9.71. The fourth-order valence-electron chi connectivity index (χ4n) is 0.323. The minimum atomic E-state index is -0.357. The van der Waals surface area contributed by atoms with E-state index in [4.69, 9.17) is 5.11 Å². The van der Waals surface area contributed by atoms with Crippen LogP contribution in [0.5, 0.6) is 0 Å². The molecular formula is C5H8O3S2. The Balaban J connectivity index is 3.30. The summed E-state index contributed by atoms with van der Waals surface area (Å²) in [5.74, 6) is -0.271. The van der Waals surface area contributed by atoms with E-state index in [1.165, 1.54) is 0 Å². The van der Waals surface area contributed by atoms with Gasteiger partial charge in [-0.1, -0.05) is 11.8 Å². The number of esters is 1. The van der Waals surface area contributed by atoms with Crippen molar-refractivity contribution in [3.8, 4) is 0 Å². The first-order chi connectivity index (χ1) is 4.66. The zero-order chi connectivity index (χ0) is 7.98. The van der Waals surface area contributed by atoms with Crippen LogP contribution in [0.2, 0.25) is 0 Å². The Bertz CT molecular complexity index is 135. The van der Waals surface area contributed by atoms with Crippen LogP contribution >= 0.6 is 24.0 Å². The third-order valence-corrected chi connectivity index (χ3v) is 1.60. The summed E-state index contributed by atoms with van der Waals surface area (Å²) in [6.07, 6.45) is 0. The number of carbonyl (C=O) groups is 1. The lowest BCUT2D eigenvalue weighted by molar-refractivity contribution is -0.139. The zero-order valence-corrected chi connectivity index (χ0v) is 7.13. The molecule has 0 amide bonds. The lowest BCUT2D eigenvalue weighted by Gasteiger charge is -1.97. The number of ether oxygens (including phenoxy) is 1. The maximum Gasteiger partial charge on any atom is 0.316 e. The number of hydrogen-bond donors (Lipinski definition) is 1. The van der Waals surface area contributed by atoms with Gasteiger partial charge in [-0.25, -0.2) is 0 Å². The van der Waals surface area contributed by atoms with Crippen molar-refractivity contribution >= 4 is 34.3 Å². The van der Waals surface area contributed by atoms with E-state index in [2.05, 4.69) is 17.0 Å². The molecule has 0 unspecified atom stereocenters. The fourth-order valence-corrected chi connectivity index (χ4v) is 0.825. The molecule has 0 heterocycles. The second kappa shape index (κ2) is 5.49. The van der Waals surface area contributed by atoms with Gasteiger partial charge in [0.2, 0.25) is 4.38 Å². The lowest BCUT2D eigenvalue weighted by Crippen LogP contribution is -2.07.